The highest BCUT2D eigenvalue weighted by molar-refractivity contribution is 5.89. The van der Waals surface area contributed by atoms with Crippen LogP contribution in [0.25, 0.3) is 16.9 Å². The van der Waals surface area contributed by atoms with E-state index in [0.717, 1.165) is 11.3 Å². The number of esters is 2. The summed E-state index contributed by atoms with van der Waals surface area (Å²) < 4.78 is 25.7. The van der Waals surface area contributed by atoms with Gasteiger partial charge in [0.25, 0.3) is 5.91 Å². The van der Waals surface area contributed by atoms with Gasteiger partial charge in [-0.3, -0.25) is 9.59 Å². The molecular weight excluding hydrogens is 539 g/mol. The van der Waals surface area contributed by atoms with Gasteiger partial charge in [0.1, 0.15) is 5.82 Å². The predicted octanol–water partition coefficient (Wildman–Crippen LogP) is 4.81. The lowest BCUT2D eigenvalue weighted by Crippen LogP contribution is -2.50. The fraction of sp³-hybridized carbons (Fsp3) is 0.250. The zero-order chi connectivity index (χ0) is 29.6. The van der Waals surface area contributed by atoms with Crippen LogP contribution in [0.1, 0.15) is 36.0 Å². The number of nitrogens with zero attached hydrogens (tertiary/aromatic N) is 4. The first kappa shape index (κ1) is 28.5. The molecule has 0 saturated carbocycles. The highest BCUT2D eigenvalue weighted by Crippen LogP contribution is 2.28. The van der Waals surface area contributed by atoms with Gasteiger partial charge in [0, 0.05) is 49.9 Å². The summed E-state index contributed by atoms with van der Waals surface area (Å²) in [5.41, 5.74) is 3.85. The normalized spacial score (nSPS) is 13.9. The molecule has 1 aliphatic rings. The first-order chi connectivity index (χ1) is 20.3. The van der Waals surface area contributed by atoms with Gasteiger partial charge in [-0.25, -0.2) is 13.9 Å². The molecule has 1 atom stereocenters. The molecular formula is C32H31FN4O5. The molecule has 1 unspecified atom stereocenters. The molecule has 3 aromatic carbocycles. The van der Waals surface area contributed by atoms with Crippen LogP contribution in [0, 0.1) is 5.82 Å². The maximum absolute atomic E-state index is 13.6. The third kappa shape index (κ3) is 6.33. The Bertz CT molecular complexity index is 1550. The lowest BCUT2D eigenvalue weighted by molar-refractivity contribution is -0.159. The number of hydrogen-bond donors (Lipinski definition) is 0. The SMILES string of the molecule is CCOC(=O)c1cc(-c2ccc(N3CCN(C(=O)C(OC(C)=O)c4ccccc4)CC3)cc2)n(-c2ccc(F)cc2)n1. The Morgan fingerprint density at radius 3 is 2.14 bits per heavy atom. The summed E-state index contributed by atoms with van der Waals surface area (Å²) in [5.74, 6) is -1.65. The number of amides is 1. The van der Waals surface area contributed by atoms with Crippen molar-refractivity contribution in [3.8, 4) is 16.9 Å². The average Bonchev–Trinajstić information content (AvgIpc) is 3.46. The van der Waals surface area contributed by atoms with Crippen LogP contribution >= 0.6 is 0 Å². The van der Waals surface area contributed by atoms with E-state index in [0.29, 0.717) is 43.1 Å². The zero-order valence-electron chi connectivity index (χ0n) is 23.4. The topological polar surface area (TPSA) is 94.0 Å². The second-order valence-electron chi connectivity index (χ2n) is 9.78. The van der Waals surface area contributed by atoms with Crippen molar-refractivity contribution >= 4 is 23.5 Å². The molecule has 0 aliphatic carbocycles. The standard InChI is InChI=1S/C32H31FN4O5/c1-3-41-32(40)28-21-29(37(34-28)27-15-11-25(33)12-16-27)23-9-13-26(14-10-23)35-17-19-36(20-18-35)31(39)30(42-22(2)38)24-7-5-4-6-8-24/h4-16,21,30H,3,17-20H2,1-2H3. The van der Waals surface area contributed by atoms with Crippen molar-refractivity contribution in [2.24, 2.45) is 0 Å². The van der Waals surface area contributed by atoms with E-state index in [1.807, 2.05) is 42.5 Å². The van der Waals surface area contributed by atoms with Crippen LogP contribution in [0.5, 0.6) is 0 Å². The smallest absolute Gasteiger partial charge is 0.358 e. The fourth-order valence-electron chi connectivity index (χ4n) is 4.92. The molecule has 1 amide bonds. The Kier molecular flexibility index (Phi) is 8.61. The van der Waals surface area contributed by atoms with E-state index in [4.69, 9.17) is 9.47 Å². The minimum atomic E-state index is -0.972. The number of ether oxygens (including phenoxy) is 2. The molecule has 1 aliphatic heterocycles. The fourth-order valence-corrected chi connectivity index (χ4v) is 4.92. The predicted molar refractivity (Wildman–Crippen MR) is 155 cm³/mol. The number of carbonyl (C=O) groups is 3. The summed E-state index contributed by atoms with van der Waals surface area (Å²) in [6, 6.07) is 24.4. The number of hydrogen-bond acceptors (Lipinski definition) is 7. The maximum atomic E-state index is 13.6. The molecule has 1 fully saturated rings. The number of rotatable bonds is 8. The van der Waals surface area contributed by atoms with Gasteiger partial charge in [0.2, 0.25) is 6.10 Å². The monoisotopic (exact) mass is 570 g/mol. The van der Waals surface area contributed by atoms with Crippen LogP contribution in [0.4, 0.5) is 10.1 Å². The third-order valence-electron chi connectivity index (χ3n) is 7.00. The second kappa shape index (κ2) is 12.7. The van der Waals surface area contributed by atoms with Gasteiger partial charge in [0.15, 0.2) is 5.69 Å². The minimum Gasteiger partial charge on any atom is -0.461 e. The molecule has 9 nitrogen and oxygen atoms in total. The molecule has 216 valence electrons. The van der Waals surface area contributed by atoms with E-state index in [9.17, 15) is 18.8 Å². The number of carbonyl (C=O) groups excluding carboxylic acids is 3. The van der Waals surface area contributed by atoms with Crippen molar-refractivity contribution in [2.45, 2.75) is 20.0 Å². The van der Waals surface area contributed by atoms with Crippen molar-refractivity contribution in [3.63, 3.8) is 0 Å². The van der Waals surface area contributed by atoms with Crippen molar-refractivity contribution in [1.29, 1.82) is 0 Å². The molecule has 42 heavy (non-hydrogen) atoms. The van der Waals surface area contributed by atoms with Crippen LogP contribution in [0.3, 0.4) is 0 Å². The van der Waals surface area contributed by atoms with Gasteiger partial charge >= 0.3 is 11.9 Å². The van der Waals surface area contributed by atoms with Crippen LogP contribution < -0.4 is 4.90 Å². The quantitative estimate of drug-likeness (QED) is 0.281. The van der Waals surface area contributed by atoms with Gasteiger partial charge in [-0.05, 0) is 49.4 Å². The molecule has 2 heterocycles. The molecule has 10 heteroatoms. The van der Waals surface area contributed by atoms with Gasteiger partial charge in [-0.2, -0.15) is 5.10 Å². The lowest BCUT2D eigenvalue weighted by atomic mass is 10.1. The number of aromatic nitrogens is 2. The van der Waals surface area contributed by atoms with Crippen molar-refractivity contribution < 1.29 is 28.2 Å². The zero-order valence-corrected chi connectivity index (χ0v) is 23.4. The summed E-state index contributed by atoms with van der Waals surface area (Å²) in [6.07, 6.45) is -0.972. The Balaban J connectivity index is 1.31. The van der Waals surface area contributed by atoms with E-state index in [2.05, 4.69) is 10.00 Å². The van der Waals surface area contributed by atoms with E-state index < -0.39 is 18.0 Å². The molecule has 5 rings (SSSR count). The van der Waals surface area contributed by atoms with Gasteiger partial charge in [-0.1, -0.05) is 42.5 Å². The minimum absolute atomic E-state index is 0.156. The Morgan fingerprint density at radius 1 is 0.881 bits per heavy atom. The maximum Gasteiger partial charge on any atom is 0.358 e. The van der Waals surface area contributed by atoms with Crippen LogP contribution in [-0.2, 0) is 19.1 Å². The Morgan fingerprint density at radius 2 is 1.52 bits per heavy atom. The summed E-state index contributed by atoms with van der Waals surface area (Å²) in [4.78, 5) is 41.3. The van der Waals surface area contributed by atoms with Gasteiger partial charge in [0.05, 0.1) is 18.0 Å². The first-order valence-electron chi connectivity index (χ1n) is 13.7. The third-order valence-corrected chi connectivity index (χ3v) is 7.00. The van der Waals surface area contributed by atoms with Crippen LogP contribution in [-0.4, -0.2) is 65.3 Å². The lowest BCUT2D eigenvalue weighted by Gasteiger charge is -2.37. The average molecular weight is 571 g/mol. The van der Waals surface area contributed by atoms with Gasteiger partial charge in [-0.15, -0.1) is 0 Å². The summed E-state index contributed by atoms with van der Waals surface area (Å²) in [6.45, 7) is 5.42. The van der Waals surface area contributed by atoms with E-state index in [1.165, 1.54) is 19.1 Å². The molecule has 4 aromatic rings. The first-order valence-corrected chi connectivity index (χ1v) is 13.7. The van der Waals surface area contributed by atoms with Crippen LogP contribution in [0.2, 0.25) is 0 Å². The van der Waals surface area contributed by atoms with E-state index in [1.54, 1.807) is 46.8 Å². The number of benzene rings is 3. The number of piperazine rings is 1. The largest absolute Gasteiger partial charge is 0.461 e. The Hall–Kier alpha value is -4.99. The number of halogens is 1. The molecule has 0 bridgehead atoms. The van der Waals surface area contributed by atoms with E-state index >= 15 is 0 Å². The summed E-state index contributed by atoms with van der Waals surface area (Å²) in [5, 5.41) is 4.44. The highest BCUT2D eigenvalue weighted by atomic mass is 19.1. The summed E-state index contributed by atoms with van der Waals surface area (Å²) >= 11 is 0. The summed E-state index contributed by atoms with van der Waals surface area (Å²) in [7, 11) is 0. The highest BCUT2D eigenvalue weighted by Gasteiger charge is 2.31. The van der Waals surface area contributed by atoms with Crippen molar-refractivity contribution in [3.05, 3.63) is 102 Å². The molecule has 1 aromatic heterocycles. The molecule has 0 N–H and O–H groups in total. The molecule has 0 radical (unpaired) electrons. The second-order valence-corrected chi connectivity index (χ2v) is 9.78. The number of anilines is 1. The van der Waals surface area contributed by atoms with Gasteiger partial charge < -0.3 is 19.3 Å². The molecule has 0 spiro atoms. The van der Waals surface area contributed by atoms with Crippen LogP contribution in [0.15, 0.2) is 84.9 Å². The Labute approximate surface area is 243 Å². The van der Waals surface area contributed by atoms with Crippen molar-refractivity contribution in [2.75, 3.05) is 37.7 Å². The van der Waals surface area contributed by atoms with Crippen molar-refractivity contribution in [1.82, 2.24) is 14.7 Å². The van der Waals surface area contributed by atoms with E-state index in [-0.39, 0.29) is 24.0 Å². The molecule has 1 saturated heterocycles.